The highest BCUT2D eigenvalue weighted by Gasteiger charge is 2.58. The van der Waals surface area contributed by atoms with Gasteiger partial charge in [0.1, 0.15) is 11.2 Å². The van der Waals surface area contributed by atoms with E-state index in [4.69, 9.17) is 9.47 Å². The van der Waals surface area contributed by atoms with E-state index < -0.39 is 23.3 Å². The number of rotatable bonds is 5. The second-order valence-corrected chi connectivity index (χ2v) is 9.39. The molecule has 0 aromatic heterocycles. The second-order valence-electron chi connectivity index (χ2n) is 9.39. The summed E-state index contributed by atoms with van der Waals surface area (Å²) in [4.78, 5) is 26.8. The number of esters is 2. The zero-order valence-corrected chi connectivity index (χ0v) is 19.4. The van der Waals surface area contributed by atoms with Crippen LogP contribution in [0.2, 0.25) is 0 Å². The molecule has 0 saturated carbocycles. The molecule has 0 radical (unpaired) electrons. The Balaban J connectivity index is 2.11. The van der Waals surface area contributed by atoms with Crippen molar-refractivity contribution < 1.29 is 19.1 Å². The van der Waals surface area contributed by atoms with Gasteiger partial charge in [0.25, 0.3) is 0 Å². The molecule has 4 rings (SSSR count). The van der Waals surface area contributed by atoms with Gasteiger partial charge in [-0.05, 0) is 28.2 Å². The van der Waals surface area contributed by atoms with E-state index in [-0.39, 0.29) is 11.0 Å². The van der Waals surface area contributed by atoms with Crippen LogP contribution in [0.15, 0.2) is 91.0 Å². The van der Waals surface area contributed by atoms with Gasteiger partial charge in [0, 0.05) is 17.1 Å². The lowest BCUT2D eigenvalue weighted by molar-refractivity contribution is -0.138. The number of ether oxygens (including phenoxy) is 2. The van der Waals surface area contributed by atoms with Crippen LogP contribution >= 0.6 is 0 Å². The lowest BCUT2D eigenvalue weighted by atomic mass is 9.61. The quantitative estimate of drug-likeness (QED) is 0.290. The van der Waals surface area contributed by atoms with Gasteiger partial charge in [-0.25, -0.2) is 4.79 Å². The summed E-state index contributed by atoms with van der Waals surface area (Å²) in [5.41, 5.74) is 2.05. The maximum atomic E-state index is 13.9. The molecule has 33 heavy (non-hydrogen) atoms. The van der Waals surface area contributed by atoms with Gasteiger partial charge >= 0.3 is 11.9 Å². The molecule has 168 valence electrons. The molecule has 4 heteroatoms. The number of fused-ring (bicyclic) bond motifs is 1. The van der Waals surface area contributed by atoms with E-state index >= 15 is 0 Å². The molecule has 0 saturated heterocycles. The number of carbonyl (C=O) groups is 2. The van der Waals surface area contributed by atoms with Crippen molar-refractivity contribution in [3.63, 3.8) is 0 Å². The highest BCUT2D eigenvalue weighted by Crippen LogP contribution is 2.55. The van der Waals surface area contributed by atoms with Crippen LogP contribution in [0.3, 0.4) is 0 Å². The van der Waals surface area contributed by atoms with Gasteiger partial charge in [0.2, 0.25) is 0 Å². The standard InChI is InChI=1S/C29H28O4/c1-19(26(30)32-5)25(20-12-8-6-9-13-20)29(21-14-10-7-11-15-21)23-18-22(28(2,3)4)16-17-24(23)33-27(29)31/h6-18,25H,1H2,2-5H3/t25-,29+/m1/s1. The Hall–Kier alpha value is -3.66. The molecule has 3 aromatic rings. The van der Waals surface area contributed by atoms with E-state index in [9.17, 15) is 9.59 Å². The normalized spacial score (nSPS) is 18.2. The lowest BCUT2D eigenvalue weighted by Crippen LogP contribution is -2.43. The van der Waals surface area contributed by atoms with Crippen LogP contribution in [-0.4, -0.2) is 19.0 Å². The molecule has 0 bridgehead atoms. The van der Waals surface area contributed by atoms with Crippen LogP contribution in [0.1, 0.15) is 48.9 Å². The third kappa shape index (κ3) is 3.66. The third-order valence-electron chi connectivity index (χ3n) is 6.39. The Morgan fingerprint density at radius 3 is 2.15 bits per heavy atom. The SMILES string of the molecule is C=C(C(=O)OC)[C@H](c1ccccc1)[C@@]1(c2ccccc2)C(=O)Oc2ccc(C(C)(C)C)cc21. The molecule has 1 heterocycles. The molecule has 2 atom stereocenters. The molecular formula is C29H28O4. The number of carbonyl (C=O) groups excluding carboxylic acids is 2. The zero-order valence-electron chi connectivity index (χ0n) is 19.4. The highest BCUT2D eigenvalue weighted by atomic mass is 16.5. The maximum absolute atomic E-state index is 13.9. The molecule has 1 aliphatic rings. The fourth-order valence-corrected chi connectivity index (χ4v) is 4.71. The van der Waals surface area contributed by atoms with E-state index in [1.807, 2.05) is 78.9 Å². The second kappa shape index (κ2) is 8.36. The first-order chi connectivity index (χ1) is 15.7. The minimum Gasteiger partial charge on any atom is -0.466 e. The largest absolute Gasteiger partial charge is 0.466 e. The summed E-state index contributed by atoms with van der Waals surface area (Å²) in [7, 11) is 1.32. The Bertz CT molecular complexity index is 1210. The van der Waals surface area contributed by atoms with Crippen LogP contribution in [-0.2, 0) is 25.2 Å². The minimum atomic E-state index is -1.30. The van der Waals surface area contributed by atoms with Gasteiger partial charge in [-0.3, -0.25) is 4.79 Å². The number of benzene rings is 3. The molecule has 0 aliphatic carbocycles. The summed E-state index contributed by atoms with van der Waals surface area (Å²) in [5.74, 6) is -1.23. The number of hydrogen-bond acceptors (Lipinski definition) is 4. The van der Waals surface area contributed by atoms with Crippen LogP contribution in [0.4, 0.5) is 0 Å². The van der Waals surface area contributed by atoms with Crippen molar-refractivity contribution in [2.45, 2.75) is 37.5 Å². The van der Waals surface area contributed by atoms with Gasteiger partial charge < -0.3 is 9.47 Å². The Morgan fingerprint density at radius 2 is 1.58 bits per heavy atom. The number of methoxy groups -OCH3 is 1. The molecule has 0 amide bonds. The molecular weight excluding hydrogens is 412 g/mol. The van der Waals surface area contributed by atoms with Crippen molar-refractivity contribution in [3.8, 4) is 5.75 Å². The molecule has 0 N–H and O–H groups in total. The topological polar surface area (TPSA) is 52.6 Å². The van der Waals surface area contributed by atoms with Gasteiger partial charge in [0.15, 0.2) is 0 Å². The molecule has 4 nitrogen and oxygen atoms in total. The van der Waals surface area contributed by atoms with E-state index in [1.54, 1.807) is 0 Å². The predicted molar refractivity (Wildman–Crippen MR) is 128 cm³/mol. The Kier molecular flexibility index (Phi) is 5.71. The summed E-state index contributed by atoms with van der Waals surface area (Å²) in [6.45, 7) is 10.5. The van der Waals surface area contributed by atoms with Crippen LogP contribution in [0, 0.1) is 0 Å². The zero-order chi connectivity index (χ0) is 23.8. The first kappa shape index (κ1) is 22.5. The molecule has 0 spiro atoms. The average molecular weight is 441 g/mol. The van der Waals surface area contributed by atoms with Crippen molar-refractivity contribution in [1.29, 1.82) is 0 Å². The molecule has 0 unspecified atom stereocenters. The fourth-order valence-electron chi connectivity index (χ4n) is 4.71. The van der Waals surface area contributed by atoms with Gasteiger partial charge in [-0.15, -0.1) is 0 Å². The summed E-state index contributed by atoms with van der Waals surface area (Å²) < 4.78 is 10.9. The maximum Gasteiger partial charge on any atom is 0.333 e. The van der Waals surface area contributed by atoms with E-state index in [2.05, 4.69) is 27.4 Å². The minimum absolute atomic E-state index is 0.148. The van der Waals surface area contributed by atoms with E-state index in [0.717, 1.165) is 22.3 Å². The lowest BCUT2D eigenvalue weighted by Gasteiger charge is -2.36. The summed E-state index contributed by atoms with van der Waals surface area (Å²) in [5, 5.41) is 0. The van der Waals surface area contributed by atoms with Gasteiger partial charge in [-0.1, -0.05) is 100 Å². The molecule has 3 aromatic carbocycles. The smallest absolute Gasteiger partial charge is 0.333 e. The van der Waals surface area contributed by atoms with Crippen LogP contribution < -0.4 is 4.74 Å². The summed E-state index contributed by atoms with van der Waals surface area (Å²) in [6.07, 6.45) is 0. The van der Waals surface area contributed by atoms with Gasteiger partial charge in [-0.2, -0.15) is 0 Å². The van der Waals surface area contributed by atoms with E-state index in [0.29, 0.717) is 5.75 Å². The van der Waals surface area contributed by atoms with E-state index in [1.165, 1.54) is 7.11 Å². The fraction of sp³-hybridized carbons (Fsp3) is 0.241. The average Bonchev–Trinajstić information content (AvgIpc) is 3.11. The third-order valence-corrected chi connectivity index (χ3v) is 6.39. The van der Waals surface area contributed by atoms with Crippen molar-refractivity contribution in [2.75, 3.05) is 7.11 Å². The van der Waals surface area contributed by atoms with Gasteiger partial charge in [0.05, 0.1) is 7.11 Å². The summed E-state index contributed by atoms with van der Waals surface area (Å²) in [6, 6.07) is 24.8. The first-order valence-corrected chi connectivity index (χ1v) is 11.0. The Morgan fingerprint density at radius 1 is 0.970 bits per heavy atom. The van der Waals surface area contributed by atoms with Crippen LogP contribution in [0.5, 0.6) is 5.75 Å². The van der Waals surface area contributed by atoms with Crippen molar-refractivity contribution in [2.24, 2.45) is 0 Å². The van der Waals surface area contributed by atoms with Crippen molar-refractivity contribution >= 4 is 11.9 Å². The summed E-state index contributed by atoms with van der Waals surface area (Å²) >= 11 is 0. The Labute approximate surface area is 194 Å². The molecule has 0 fully saturated rings. The predicted octanol–water partition coefficient (Wildman–Crippen LogP) is 5.70. The number of hydrogen-bond donors (Lipinski definition) is 0. The monoisotopic (exact) mass is 440 g/mol. The van der Waals surface area contributed by atoms with Crippen molar-refractivity contribution in [3.05, 3.63) is 113 Å². The van der Waals surface area contributed by atoms with Crippen molar-refractivity contribution in [1.82, 2.24) is 0 Å². The van der Waals surface area contributed by atoms with Crippen LogP contribution in [0.25, 0.3) is 0 Å². The first-order valence-electron chi connectivity index (χ1n) is 11.0. The highest BCUT2D eigenvalue weighted by molar-refractivity contribution is 6.00. The molecule has 1 aliphatic heterocycles.